The smallest absolute Gasteiger partial charge is 0.245 e. The minimum Gasteiger partial charge on any atom is -0.508 e. The van der Waals surface area contributed by atoms with Gasteiger partial charge in [-0.3, -0.25) is 38.4 Å². The topological polar surface area (TPSA) is 355 Å². The third-order valence-corrected chi connectivity index (χ3v) is 13.4. The number of carbonyl (C=O) groups is 8. The van der Waals surface area contributed by atoms with Crippen molar-refractivity contribution in [2.24, 2.45) is 17.2 Å². The maximum atomic E-state index is 14.7. The summed E-state index contributed by atoms with van der Waals surface area (Å²) < 4.78 is 0. The third-order valence-electron chi connectivity index (χ3n) is 13.4. The largest absolute Gasteiger partial charge is 0.508 e. The zero-order valence-corrected chi connectivity index (χ0v) is 44.4. The van der Waals surface area contributed by atoms with Crippen LogP contribution in [0.5, 0.6) is 5.75 Å². The van der Waals surface area contributed by atoms with Crippen molar-refractivity contribution < 1.29 is 48.6 Å². The number of aliphatic hydroxyl groups is 1. The quantitative estimate of drug-likeness (QED) is 0.0307. The second-order valence-corrected chi connectivity index (χ2v) is 19.7. The lowest BCUT2D eigenvalue weighted by molar-refractivity contribution is -0.136. The molecule has 0 aliphatic heterocycles. The Balaban J connectivity index is 1.18. The number of aliphatic hydroxyl groups excluding tert-OH is 1. The normalized spacial score (nSPS) is 14.7. The lowest BCUT2D eigenvalue weighted by atomic mass is 10.0. The fourth-order valence-corrected chi connectivity index (χ4v) is 8.91. The van der Waals surface area contributed by atoms with Crippen molar-refractivity contribution in [3.05, 3.63) is 150 Å². The van der Waals surface area contributed by atoms with E-state index in [1.54, 1.807) is 24.4 Å². The number of H-pyrrole nitrogens is 1. The molecule has 5 aromatic carbocycles. The van der Waals surface area contributed by atoms with Gasteiger partial charge in [-0.05, 0) is 104 Å². The van der Waals surface area contributed by atoms with Crippen LogP contribution in [-0.4, -0.2) is 123 Å². The van der Waals surface area contributed by atoms with Crippen LogP contribution in [0.1, 0.15) is 62.3 Å². The van der Waals surface area contributed by atoms with E-state index in [-0.39, 0.29) is 44.4 Å². The second-order valence-electron chi connectivity index (χ2n) is 19.7. The summed E-state index contributed by atoms with van der Waals surface area (Å²) in [7, 11) is 0. The molecular weight excluding hydrogens is 1010 g/mol. The number of phenols is 1. The Morgan fingerprint density at radius 1 is 0.519 bits per heavy atom. The van der Waals surface area contributed by atoms with Gasteiger partial charge in [-0.25, -0.2) is 0 Å². The fraction of sp³-hybridized carbons (Fsp3) is 0.345. The summed E-state index contributed by atoms with van der Waals surface area (Å²) in [6.45, 7) is 4.28. The lowest BCUT2D eigenvalue weighted by Crippen LogP contribution is -2.61. The highest BCUT2D eigenvalue weighted by atomic mass is 16.3. The molecule has 21 heteroatoms. The van der Waals surface area contributed by atoms with Crippen molar-refractivity contribution in [3.8, 4) is 5.75 Å². The zero-order valence-electron chi connectivity index (χ0n) is 44.4. The van der Waals surface area contributed by atoms with Crippen LogP contribution in [0.4, 0.5) is 0 Å². The number of aromatic nitrogens is 1. The van der Waals surface area contributed by atoms with Gasteiger partial charge in [-0.15, -0.1) is 0 Å². The Morgan fingerprint density at radius 2 is 1.05 bits per heavy atom. The van der Waals surface area contributed by atoms with E-state index in [0.717, 1.165) is 32.8 Å². The molecule has 0 aliphatic rings. The second kappa shape index (κ2) is 28.6. The minimum absolute atomic E-state index is 0.000649. The number of nitrogens with one attached hydrogen (secondary N) is 8. The molecule has 0 spiro atoms. The van der Waals surface area contributed by atoms with E-state index >= 15 is 0 Å². The molecule has 9 atom stereocenters. The molecule has 0 fully saturated rings. The number of amides is 8. The van der Waals surface area contributed by atoms with Gasteiger partial charge in [0.15, 0.2) is 0 Å². The molecule has 0 saturated heterocycles. The van der Waals surface area contributed by atoms with Gasteiger partial charge in [-0.2, -0.15) is 0 Å². The van der Waals surface area contributed by atoms with Crippen LogP contribution >= 0.6 is 0 Å². The molecule has 79 heavy (non-hydrogen) atoms. The summed E-state index contributed by atoms with van der Waals surface area (Å²) in [6.07, 6.45) is 0.925. The van der Waals surface area contributed by atoms with E-state index < -0.39 is 102 Å². The van der Waals surface area contributed by atoms with Gasteiger partial charge in [0.2, 0.25) is 47.3 Å². The van der Waals surface area contributed by atoms with Crippen LogP contribution in [0.3, 0.4) is 0 Å². The Hall–Kier alpha value is -8.66. The molecular formula is C58H71N11O10. The Morgan fingerprint density at radius 3 is 1.71 bits per heavy atom. The van der Waals surface area contributed by atoms with Gasteiger partial charge in [0.05, 0.1) is 12.1 Å². The summed E-state index contributed by atoms with van der Waals surface area (Å²) in [4.78, 5) is 113. The van der Waals surface area contributed by atoms with Crippen LogP contribution in [0.2, 0.25) is 0 Å². The number of benzene rings is 5. The maximum absolute atomic E-state index is 14.7. The van der Waals surface area contributed by atoms with Crippen molar-refractivity contribution in [1.29, 1.82) is 0 Å². The van der Waals surface area contributed by atoms with E-state index in [1.165, 1.54) is 32.9 Å². The van der Waals surface area contributed by atoms with E-state index in [4.69, 9.17) is 17.2 Å². The van der Waals surface area contributed by atoms with Gasteiger partial charge in [0, 0.05) is 36.4 Å². The predicted octanol–water partition coefficient (Wildman–Crippen LogP) is 1.05. The van der Waals surface area contributed by atoms with Gasteiger partial charge in [0.25, 0.3) is 0 Å². The molecule has 6 aromatic rings. The molecule has 0 radical (unpaired) electrons. The molecule has 6 rings (SSSR count). The number of hydrogen-bond donors (Lipinski definition) is 13. The number of aromatic hydroxyl groups is 1. The van der Waals surface area contributed by atoms with Gasteiger partial charge in [-0.1, -0.05) is 103 Å². The van der Waals surface area contributed by atoms with E-state index in [9.17, 15) is 48.6 Å². The van der Waals surface area contributed by atoms with Crippen LogP contribution < -0.4 is 54.4 Å². The monoisotopic (exact) mass is 1080 g/mol. The molecule has 21 nitrogen and oxygen atoms in total. The first kappa shape index (κ1) is 59.6. The van der Waals surface area contributed by atoms with Crippen molar-refractivity contribution in [2.45, 2.75) is 120 Å². The Kier molecular flexibility index (Phi) is 21.6. The highest BCUT2D eigenvalue weighted by Gasteiger charge is 2.35. The van der Waals surface area contributed by atoms with Crippen LogP contribution in [0, 0.1) is 0 Å². The summed E-state index contributed by atoms with van der Waals surface area (Å²) >= 11 is 0. The van der Waals surface area contributed by atoms with Crippen molar-refractivity contribution in [1.82, 2.24) is 42.2 Å². The fourth-order valence-electron chi connectivity index (χ4n) is 8.91. The van der Waals surface area contributed by atoms with Crippen LogP contribution in [0.15, 0.2) is 128 Å². The van der Waals surface area contributed by atoms with Crippen molar-refractivity contribution in [3.63, 3.8) is 0 Å². The first-order chi connectivity index (χ1) is 37.8. The number of fused-ring (bicyclic) bond motifs is 2. The third kappa shape index (κ3) is 17.4. The van der Waals surface area contributed by atoms with Gasteiger partial charge >= 0.3 is 0 Å². The highest BCUT2D eigenvalue weighted by molar-refractivity contribution is 5.98. The summed E-state index contributed by atoms with van der Waals surface area (Å²) in [5.74, 6) is -6.46. The Bertz CT molecular complexity index is 3080. The standard InChI is InChI=1S/C58H71N11O10/c1-33(63-54(75)44(60)28-36-13-5-4-6-14-36)53(74)67-48(29-37-21-24-42(71)25-22-37)56(77)68-49(31-41-32-62-45-18-10-9-17-43(41)45)57(78)65-46(19-11-12-26-59)55(76)69-50(35(3)70)58(79)64-34(2)52(73)66-47(51(61)72)30-38-20-23-39-15-7-8-16-40(39)27-38/h4-10,13-18,20-25,27,32-35,44,46-50,62,70-71H,11-12,19,26,28-31,59-60H2,1-3H3,(H2,61,72)(H,63,75)(H,64,79)(H,65,78)(H,66,73)(H,67,74)(H,68,77)(H,69,76)/t33-,34-,35+,44+,46-,47-,48-,49+,50-/m0/s1. The van der Waals surface area contributed by atoms with E-state index in [0.29, 0.717) is 24.0 Å². The Labute approximate surface area is 457 Å². The molecule has 1 heterocycles. The molecule has 0 saturated carbocycles. The number of aromatic amines is 1. The number of rotatable bonds is 28. The SMILES string of the molecule is C[C@H](NC(=O)[C@H](N)Cc1ccccc1)C(=O)N[C@@H](Cc1ccc(O)cc1)C(=O)N[C@H](Cc1c[nH]c2ccccc12)C(=O)N[C@@H](CCCCN)C(=O)N[C@H](C(=O)N[C@@H](C)C(=O)N[C@@H](Cc1ccc2ccccc2c1)C(N)=O)[C@@H](C)O. The highest BCUT2D eigenvalue weighted by Crippen LogP contribution is 2.21. The minimum atomic E-state index is -1.65. The van der Waals surface area contributed by atoms with Crippen molar-refractivity contribution >= 4 is 68.9 Å². The van der Waals surface area contributed by atoms with Gasteiger partial charge in [0.1, 0.15) is 48.0 Å². The number of hydrogen-bond acceptors (Lipinski definition) is 12. The zero-order chi connectivity index (χ0) is 57.2. The maximum Gasteiger partial charge on any atom is 0.245 e. The predicted molar refractivity (Wildman–Crippen MR) is 298 cm³/mol. The molecule has 0 unspecified atom stereocenters. The first-order valence-electron chi connectivity index (χ1n) is 26.2. The van der Waals surface area contributed by atoms with Crippen LogP contribution in [-0.2, 0) is 64.0 Å². The van der Waals surface area contributed by atoms with E-state index in [2.05, 4.69) is 42.2 Å². The lowest BCUT2D eigenvalue weighted by Gasteiger charge is -2.28. The molecule has 8 amide bonds. The first-order valence-corrected chi connectivity index (χ1v) is 26.2. The van der Waals surface area contributed by atoms with E-state index in [1.807, 2.05) is 91.0 Å². The number of para-hydroxylation sites is 1. The van der Waals surface area contributed by atoms with Crippen molar-refractivity contribution in [2.75, 3.05) is 6.54 Å². The summed E-state index contributed by atoms with van der Waals surface area (Å²) in [5.41, 5.74) is 21.1. The molecule has 0 bridgehead atoms. The molecule has 0 aliphatic carbocycles. The number of carbonyl (C=O) groups excluding carboxylic acids is 8. The van der Waals surface area contributed by atoms with Crippen LogP contribution in [0.25, 0.3) is 21.7 Å². The number of nitrogens with two attached hydrogens (primary N) is 3. The average molecular weight is 1080 g/mol. The molecule has 418 valence electrons. The molecule has 16 N–H and O–H groups in total. The van der Waals surface area contributed by atoms with Gasteiger partial charge < -0.3 is 69.6 Å². The summed E-state index contributed by atoms with van der Waals surface area (Å²) in [6, 6.07) is 25.1. The summed E-state index contributed by atoms with van der Waals surface area (Å²) in [5, 5.41) is 41.9. The average Bonchev–Trinajstić information content (AvgIpc) is 3.85. The number of unbranched alkanes of at least 4 members (excludes halogenated alkanes) is 1. The number of primary amides is 1. The molecule has 1 aromatic heterocycles. The number of phenolic OH excluding ortho intramolecular Hbond substituents is 1.